The van der Waals surface area contributed by atoms with Gasteiger partial charge in [0.25, 0.3) is 0 Å². The lowest BCUT2D eigenvalue weighted by atomic mass is 10.1. The van der Waals surface area contributed by atoms with Crippen LogP contribution in [0.15, 0.2) is 30.3 Å². The van der Waals surface area contributed by atoms with Crippen LogP contribution in [-0.2, 0) is 9.47 Å². The molecule has 3 nitrogen and oxygen atoms in total. The molecule has 0 aliphatic carbocycles. The van der Waals surface area contributed by atoms with Gasteiger partial charge in [0.05, 0.1) is 11.7 Å². The van der Waals surface area contributed by atoms with Gasteiger partial charge in [0.15, 0.2) is 0 Å². The molecule has 0 amide bonds. The Labute approximate surface area is 95.4 Å². The first-order valence-electron chi connectivity index (χ1n) is 5.70. The maximum atomic E-state index is 11.6. The van der Waals surface area contributed by atoms with Gasteiger partial charge in [0, 0.05) is 6.61 Å². The molecule has 1 unspecified atom stereocenters. The van der Waals surface area contributed by atoms with Crippen LogP contribution < -0.4 is 0 Å². The molecule has 1 aliphatic heterocycles. The van der Waals surface area contributed by atoms with E-state index in [-0.39, 0.29) is 12.1 Å². The number of hydrogen-bond acceptors (Lipinski definition) is 3. The predicted octanol–water partition coefficient (Wildman–Crippen LogP) is 2.41. The van der Waals surface area contributed by atoms with Crippen LogP contribution in [0.25, 0.3) is 0 Å². The summed E-state index contributed by atoms with van der Waals surface area (Å²) in [5.41, 5.74) is 0.596. The normalized spacial score (nSPS) is 20.4. The Hall–Kier alpha value is -1.35. The molecule has 0 N–H and O–H groups in total. The fourth-order valence-electron chi connectivity index (χ4n) is 1.77. The summed E-state index contributed by atoms with van der Waals surface area (Å²) in [6.07, 6.45) is 3.35. The van der Waals surface area contributed by atoms with Gasteiger partial charge in [-0.25, -0.2) is 4.79 Å². The lowest BCUT2D eigenvalue weighted by molar-refractivity contribution is -0.0300. The van der Waals surface area contributed by atoms with Gasteiger partial charge in [-0.1, -0.05) is 18.2 Å². The first-order chi connectivity index (χ1) is 7.86. The minimum Gasteiger partial charge on any atom is -0.459 e. The standard InChI is InChI=1S/C13H16O3/c14-13(11-6-2-1-3-7-11)16-10-12-8-4-5-9-15-12/h1-3,6-7,12H,4-5,8-10H2. The maximum Gasteiger partial charge on any atom is 0.338 e. The van der Waals surface area contributed by atoms with Crippen molar-refractivity contribution in [1.82, 2.24) is 0 Å². The van der Waals surface area contributed by atoms with Crippen LogP contribution in [0.1, 0.15) is 29.6 Å². The van der Waals surface area contributed by atoms with Crippen molar-refractivity contribution in [2.75, 3.05) is 13.2 Å². The molecule has 0 aromatic heterocycles. The molecule has 16 heavy (non-hydrogen) atoms. The van der Waals surface area contributed by atoms with Gasteiger partial charge in [-0.3, -0.25) is 0 Å². The second-order valence-electron chi connectivity index (χ2n) is 3.95. The van der Waals surface area contributed by atoms with Crippen LogP contribution in [0, 0.1) is 0 Å². The van der Waals surface area contributed by atoms with Crippen molar-refractivity contribution in [3.05, 3.63) is 35.9 Å². The average Bonchev–Trinajstić information content (AvgIpc) is 2.38. The molecular weight excluding hydrogens is 204 g/mol. The molecule has 1 fully saturated rings. The van der Waals surface area contributed by atoms with Gasteiger partial charge < -0.3 is 9.47 Å². The van der Waals surface area contributed by atoms with E-state index in [2.05, 4.69) is 0 Å². The predicted molar refractivity (Wildman–Crippen MR) is 60.3 cm³/mol. The van der Waals surface area contributed by atoms with Crippen molar-refractivity contribution in [3.63, 3.8) is 0 Å². The lowest BCUT2D eigenvalue weighted by Crippen LogP contribution is -2.25. The molecule has 3 heteroatoms. The Morgan fingerprint density at radius 2 is 2.12 bits per heavy atom. The largest absolute Gasteiger partial charge is 0.459 e. The van der Waals surface area contributed by atoms with Gasteiger partial charge in [-0.15, -0.1) is 0 Å². The van der Waals surface area contributed by atoms with Crippen LogP contribution in [0.3, 0.4) is 0 Å². The summed E-state index contributed by atoms with van der Waals surface area (Å²) in [6, 6.07) is 9.04. The summed E-state index contributed by atoms with van der Waals surface area (Å²) in [5.74, 6) is -0.269. The Bertz CT molecular complexity index is 328. The first-order valence-corrected chi connectivity index (χ1v) is 5.70. The van der Waals surface area contributed by atoms with E-state index in [9.17, 15) is 4.79 Å². The molecule has 1 atom stereocenters. The van der Waals surface area contributed by atoms with Crippen molar-refractivity contribution >= 4 is 5.97 Å². The molecule has 0 spiro atoms. The Morgan fingerprint density at radius 3 is 2.81 bits per heavy atom. The van der Waals surface area contributed by atoms with Gasteiger partial charge in [0.2, 0.25) is 0 Å². The number of hydrogen-bond donors (Lipinski definition) is 0. The van der Waals surface area contributed by atoms with Gasteiger partial charge in [-0.2, -0.15) is 0 Å². The molecule has 0 radical (unpaired) electrons. The minimum absolute atomic E-state index is 0.0846. The Balaban J connectivity index is 1.79. The zero-order valence-electron chi connectivity index (χ0n) is 9.22. The summed E-state index contributed by atoms with van der Waals surface area (Å²) in [6.45, 7) is 1.15. The molecule has 1 aliphatic rings. The fourth-order valence-corrected chi connectivity index (χ4v) is 1.77. The van der Waals surface area contributed by atoms with E-state index < -0.39 is 0 Å². The van der Waals surface area contributed by atoms with Crippen molar-refractivity contribution in [1.29, 1.82) is 0 Å². The quantitative estimate of drug-likeness (QED) is 0.734. The molecule has 2 rings (SSSR count). The average molecular weight is 220 g/mol. The van der Waals surface area contributed by atoms with E-state index in [1.807, 2.05) is 18.2 Å². The van der Waals surface area contributed by atoms with Crippen LogP contribution in [0.5, 0.6) is 0 Å². The zero-order valence-corrected chi connectivity index (χ0v) is 9.22. The van der Waals surface area contributed by atoms with Gasteiger partial charge >= 0.3 is 5.97 Å². The van der Waals surface area contributed by atoms with Crippen molar-refractivity contribution in [3.8, 4) is 0 Å². The second-order valence-corrected chi connectivity index (χ2v) is 3.95. The number of carbonyl (C=O) groups is 1. The number of benzene rings is 1. The highest BCUT2D eigenvalue weighted by Crippen LogP contribution is 2.13. The first kappa shape index (κ1) is 11.1. The number of carbonyl (C=O) groups excluding carboxylic acids is 1. The highest BCUT2D eigenvalue weighted by molar-refractivity contribution is 5.89. The SMILES string of the molecule is O=C(OCC1CCCCO1)c1ccccc1. The van der Waals surface area contributed by atoms with E-state index >= 15 is 0 Å². The Kier molecular flexibility index (Phi) is 3.94. The fraction of sp³-hybridized carbons (Fsp3) is 0.462. The highest BCUT2D eigenvalue weighted by Gasteiger charge is 2.16. The van der Waals surface area contributed by atoms with Crippen LogP contribution in [0.2, 0.25) is 0 Å². The van der Waals surface area contributed by atoms with E-state index in [4.69, 9.17) is 9.47 Å². The van der Waals surface area contributed by atoms with Crippen LogP contribution >= 0.6 is 0 Å². The lowest BCUT2D eigenvalue weighted by Gasteiger charge is -2.22. The van der Waals surface area contributed by atoms with Crippen LogP contribution in [0.4, 0.5) is 0 Å². The molecule has 1 aromatic carbocycles. The molecule has 0 bridgehead atoms. The van der Waals surface area contributed by atoms with E-state index in [0.717, 1.165) is 25.9 Å². The third kappa shape index (κ3) is 3.07. The zero-order chi connectivity index (χ0) is 11.2. The summed E-state index contributed by atoms with van der Waals surface area (Å²) in [7, 11) is 0. The summed E-state index contributed by atoms with van der Waals surface area (Å²) in [5, 5.41) is 0. The topological polar surface area (TPSA) is 35.5 Å². The maximum absolute atomic E-state index is 11.6. The van der Waals surface area contributed by atoms with Crippen molar-refractivity contribution in [2.45, 2.75) is 25.4 Å². The minimum atomic E-state index is -0.269. The number of esters is 1. The van der Waals surface area contributed by atoms with Crippen molar-refractivity contribution < 1.29 is 14.3 Å². The third-order valence-corrected chi connectivity index (χ3v) is 2.68. The van der Waals surface area contributed by atoms with Gasteiger partial charge in [-0.05, 0) is 31.4 Å². The third-order valence-electron chi connectivity index (χ3n) is 2.68. The number of ether oxygens (including phenoxy) is 2. The molecular formula is C13H16O3. The van der Waals surface area contributed by atoms with E-state index in [1.54, 1.807) is 12.1 Å². The number of rotatable bonds is 3. The van der Waals surface area contributed by atoms with Crippen molar-refractivity contribution in [2.24, 2.45) is 0 Å². The summed E-state index contributed by atoms with van der Waals surface area (Å²) < 4.78 is 10.7. The monoisotopic (exact) mass is 220 g/mol. The van der Waals surface area contributed by atoms with E-state index in [0.29, 0.717) is 12.2 Å². The molecule has 1 aromatic rings. The smallest absolute Gasteiger partial charge is 0.338 e. The molecule has 1 heterocycles. The molecule has 86 valence electrons. The van der Waals surface area contributed by atoms with Crippen LogP contribution in [-0.4, -0.2) is 25.3 Å². The Morgan fingerprint density at radius 1 is 1.31 bits per heavy atom. The molecule has 0 saturated carbocycles. The second kappa shape index (κ2) is 5.66. The van der Waals surface area contributed by atoms with E-state index in [1.165, 1.54) is 0 Å². The summed E-state index contributed by atoms with van der Waals surface area (Å²) in [4.78, 5) is 11.6. The molecule has 1 saturated heterocycles. The highest BCUT2D eigenvalue weighted by atomic mass is 16.6. The summed E-state index contributed by atoms with van der Waals surface area (Å²) >= 11 is 0. The van der Waals surface area contributed by atoms with Gasteiger partial charge in [0.1, 0.15) is 6.61 Å².